The number of aliphatic hydroxyl groups is 2. The second kappa shape index (κ2) is 11.4. The Labute approximate surface area is 224 Å². The number of halogens is 1. The first-order valence-corrected chi connectivity index (χ1v) is 15.5. The predicted molar refractivity (Wildman–Crippen MR) is 139 cm³/mol. The van der Waals surface area contributed by atoms with Crippen molar-refractivity contribution >= 4 is 44.6 Å². The van der Waals surface area contributed by atoms with E-state index in [1.807, 2.05) is 18.2 Å². The average molecular weight is 588 g/mol. The molecule has 5 N–H and O–H groups in total. The molecule has 2 saturated heterocycles. The van der Waals surface area contributed by atoms with E-state index in [4.69, 9.17) is 30.6 Å². The van der Waals surface area contributed by atoms with Gasteiger partial charge in [0.05, 0.1) is 12.9 Å². The highest BCUT2D eigenvalue weighted by Crippen LogP contribution is 2.51. The molecule has 1 aromatic carbocycles. The monoisotopic (exact) mass is 587 g/mol. The predicted octanol–water partition coefficient (Wildman–Crippen LogP) is 1.94. The molecule has 5 unspecified atom stereocenters. The summed E-state index contributed by atoms with van der Waals surface area (Å²) < 4.78 is 24.0. The Morgan fingerprint density at radius 1 is 1.13 bits per heavy atom. The third-order valence-electron chi connectivity index (χ3n) is 6.80. The summed E-state index contributed by atoms with van der Waals surface area (Å²) in [5.41, 5.74) is 2.05. The summed E-state index contributed by atoms with van der Waals surface area (Å²) in [5.74, 6) is 0.157. The molecule has 2 aliphatic rings. The van der Waals surface area contributed by atoms with Crippen LogP contribution in [0, 0.1) is 0 Å². The van der Waals surface area contributed by atoms with Crippen LogP contribution in [0.4, 0.5) is 5.82 Å². The van der Waals surface area contributed by atoms with Gasteiger partial charge in [-0.05, 0) is 35.9 Å². The van der Waals surface area contributed by atoms with Crippen molar-refractivity contribution in [3.05, 3.63) is 47.5 Å². The lowest BCUT2D eigenvalue weighted by atomic mass is 9.89. The smallest absolute Gasteiger partial charge is 0.337 e. The van der Waals surface area contributed by atoms with Crippen molar-refractivity contribution in [2.24, 2.45) is 0 Å². The van der Waals surface area contributed by atoms with E-state index in [1.54, 1.807) is 0 Å². The number of nitrogens with zero attached hydrogens (tertiary/aromatic N) is 5. The lowest BCUT2D eigenvalue weighted by Gasteiger charge is -2.33. The number of ether oxygens (including phenoxy) is 1. The number of rotatable bonds is 8. The fourth-order valence-electron chi connectivity index (χ4n) is 4.92. The Morgan fingerprint density at radius 3 is 2.53 bits per heavy atom. The molecule has 16 heteroatoms. The van der Waals surface area contributed by atoms with E-state index < -0.39 is 53.0 Å². The first kappa shape index (κ1) is 27.8. The number of fused-ring (bicyclic) bond motifs is 1. The Morgan fingerprint density at radius 2 is 1.84 bits per heavy atom. The molecule has 2 aromatic heterocycles. The van der Waals surface area contributed by atoms with Crippen LogP contribution in [0.2, 0.25) is 5.28 Å². The fraction of sp³-hybridized carbons (Fsp3) is 0.500. The minimum absolute atomic E-state index is 0.0157. The van der Waals surface area contributed by atoms with Crippen molar-refractivity contribution in [1.82, 2.24) is 19.5 Å². The number of piperidine rings is 1. The van der Waals surface area contributed by atoms with Gasteiger partial charge in [-0.3, -0.25) is 9.13 Å². The molecule has 0 aliphatic carbocycles. The van der Waals surface area contributed by atoms with Crippen LogP contribution in [0.25, 0.3) is 11.2 Å². The Balaban J connectivity index is 1.33. The van der Waals surface area contributed by atoms with E-state index in [2.05, 4.69) is 32.0 Å². The van der Waals surface area contributed by atoms with Crippen LogP contribution in [0.15, 0.2) is 36.7 Å². The summed E-state index contributed by atoms with van der Waals surface area (Å²) in [5, 5.41) is 21.2. The van der Waals surface area contributed by atoms with Gasteiger partial charge >= 0.3 is 7.60 Å². The maximum Gasteiger partial charge on any atom is 0.337 e. The standard InChI is InChI=1S/C22H28ClN5O8P2/c23-22-25-19(27-8-6-14(7-9-27)13-4-2-1-3-5-13)16-20(26-22)28(11-24-16)21-18(30)17(29)15(36-21)10-35-38(33,34)12-37(31)32/h1-5,11,14-15,17-18,21,29-32H,6-10,12H2,(H,33,34). The Bertz CT molecular complexity index is 1310. The lowest BCUT2D eigenvalue weighted by Crippen LogP contribution is -2.34. The Hall–Kier alpha value is -1.76. The molecule has 0 bridgehead atoms. The summed E-state index contributed by atoms with van der Waals surface area (Å²) in [4.78, 5) is 43.0. The molecule has 0 radical (unpaired) electrons. The molecular formula is C22H28ClN5O8P2. The van der Waals surface area contributed by atoms with Gasteiger partial charge in [0, 0.05) is 13.1 Å². The minimum atomic E-state index is -4.33. The number of hydrogen-bond donors (Lipinski definition) is 5. The molecule has 4 heterocycles. The van der Waals surface area contributed by atoms with E-state index >= 15 is 0 Å². The molecular weight excluding hydrogens is 560 g/mol. The SMILES string of the molecule is O=P(O)(CP(O)O)OCC1OC(n2cnc3c(N4CCC(c5ccccc5)CC4)nc(Cl)nc32)C(O)C1O. The van der Waals surface area contributed by atoms with Gasteiger partial charge < -0.3 is 39.1 Å². The second-order valence-electron chi connectivity index (χ2n) is 9.31. The molecule has 206 valence electrons. The van der Waals surface area contributed by atoms with Crippen molar-refractivity contribution in [2.45, 2.75) is 43.3 Å². The van der Waals surface area contributed by atoms with E-state index in [-0.39, 0.29) is 5.28 Å². The zero-order valence-corrected chi connectivity index (χ0v) is 22.6. The molecule has 38 heavy (non-hydrogen) atoms. The summed E-state index contributed by atoms with van der Waals surface area (Å²) in [6, 6.07) is 10.4. The number of aromatic nitrogens is 4. The topological polar surface area (TPSA) is 184 Å². The summed E-state index contributed by atoms with van der Waals surface area (Å²) in [6.07, 6.45) is -1.96. The van der Waals surface area contributed by atoms with Crippen molar-refractivity contribution in [3.63, 3.8) is 0 Å². The maximum absolute atomic E-state index is 12.0. The largest absolute Gasteiger partial charge is 0.387 e. The van der Waals surface area contributed by atoms with E-state index in [0.717, 1.165) is 25.9 Å². The van der Waals surface area contributed by atoms with Gasteiger partial charge in [-0.15, -0.1) is 0 Å². The van der Waals surface area contributed by atoms with Crippen LogP contribution < -0.4 is 4.90 Å². The maximum atomic E-state index is 12.0. The first-order valence-electron chi connectivity index (χ1n) is 12.0. The molecule has 5 atom stereocenters. The van der Waals surface area contributed by atoms with E-state index in [1.165, 1.54) is 16.5 Å². The van der Waals surface area contributed by atoms with Crippen molar-refractivity contribution < 1.29 is 38.7 Å². The fourth-order valence-corrected chi connectivity index (χ4v) is 7.06. The van der Waals surface area contributed by atoms with Crippen molar-refractivity contribution in [1.29, 1.82) is 0 Å². The molecule has 0 saturated carbocycles. The van der Waals surface area contributed by atoms with Gasteiger partial charge in [0.15, 0.2) is 31.6 Å². The molecule has 2 fully saturated rings. The normalized spacial score (nSPS) is 26.3. The molecule has 5 rings (SSSR count). The lowest BCUT2D eigenvalue weighted by molar-refractivity contribution is -0.0483. The van der Waals surface area contributed by atoms with E-state index in [9.17, 15) is 19.7 Å². The summed E-state index contributed by atoms with van der Waals surface area (Å²) >= 11 is 6.28. The van der Waals surface area contributed by atoms with Crippen LogP contribution in [0.5, 0.6) is 0 Å². The first-order chi connectivity index (χ1) is 18.1. The van der Waals surface area contributed by atoms with Crippen LogP contribution >= 0.6 is 27.6 Å². The third-order valence-corrected chi connectivity index (χ3v) is 9.96. The molecule has 2 aliphatic heterocycles. The second-order valence-corrected chi connectivity index (χ2v) is 13.1. The van der Waals surface area contributed by atoms with Crippen LogP contribution in [0.1, 0.15) is 30.6 Å². The van der Waals surface area contributed by atoms with Crippen LogP contribution in [-0.2, 0) is 13.8 Å². The summed E-state index contributed by atoms with van der Waals surface area (Å²) in [6.45, 7) is 0.914. The highest BCUT2D eigenvalue weighted by molar-refractivity contribution is 7.67. The number of hydrogen-bond acceptors (Lipinski definition) is 11. The highest BCUT2D eigenvalue weighted by Gasteiger charge is 2.45. The van der Waals surface area contributed by atoms with Gasteiger partial charge in [0.1, 0.15) is 24.2 Å². The molecule has 13 nitrogen and oxygen atoms in total. The van der Waals surface area contributed by atoms with Gasteiger partial charge in [-0.1, -0.05) is 30.3 Å². The number of imidazole rings is 1. The van der Waals surface area contributed by atoms with E-state index in [0.29, 0.717) is 22.9 Å². The molecule has 0 spiro atoms. The molecule has 0 amide bonds. The van der Waals surface area contributed by atoms with Gasteiger partial charge in [-0.25, -0.2) is 4.98 Å². The average Bonchev–Trinajstić information content (AvgIpc) is 3.42. The third kappa shape index (κ3) is 5.88. The number of aliphatic hydroxyl groups excluding tert-OH is 2. The van der Waals surface area contributed by atoms with Gasteiger partial charge in [0.25, 0.3) is 0 Å². The Kier molecular flexibility index (Phi) is 8.33. The van der Waals surface area contributed by atoms with Gasteiger partial charge in [-0.2, -0.15) is 9.97 Å². The zero-order valence-electron chi connectivity index (χ0n) is 20.1. The number of benzene rings is 1. The summed E-state index contributed by atoms with van der Waals surface area (Å²) in [7, 11) is -6.98. The van der Waals surface area contributed by atoms with Crippen molar-refractivity contribution in [3.8, 4) is 0 Å². The minimum Gasteiger partial charge on any atom is -0.387 e. The van der Waals surface area contributed by atoms with Crippen LogP contribution in [-0.4, -0.2) is 88.3 Å². The van der Waals surface area contributed by atoms with Crippen molar-refractivity contribution in [2.75, 3.05) is 30.5 Å². The number of anilines is 1. The zero-order chi connectivity index (χ0) is 27.0. The highest BCUT2D eigenvalue weighted by atomic mass is 35.5. The quantitative estimate of drug-likeness (QED) is 0.191. The molecule has 3 aromatic rings. The van der Waals surface area contributed by atoms with Crippen LogP contribution in [0.3, 0.4) is 0 Å². The van der Waals surface area contributed by atoms with Gasteiger partial charge in [0.2, 0.25) is 5.28 Å².